The second-order valence-electron chi connectivity index (χ2n) is 6.23. The zero-order valence-electron chi connectivity index (χ0n) is 12.7. The number of furan rings is 1. The van der Waals surface area contributed by atoms with Crippen molar-refractivity contribution in [1.29, 1.82) is 0 Å². The summed E-state index contributed by atoms with van der Waals surface area (Å²) in [7, 11) is 0. The van der Waals surface area contributed by atoms with E-state index >= 15 is 0 Å². The van der Waals surface area contributed by atoms with E-state index in [9.17, 15) is 0 Å². The molecule has 1 aromatic carbocycles. The summed E-state index contributed by atoms with van der Waals surface area (Å²) >= 11 is 0. The predicted molar refractivity (Wildman–Crippen MR) is 86.5 cm³/mol. The number of H-pyrrole nitrogens is 1. The molecule has 0 spiro atoms. The summed E-state index contributed by atoms with van der Waals surface area (Å²) in [6.45, 7) is 3.21. The lowest BCUT2D eigenvalue weighted by Gasteiger charge is -2.31. The highest BCUT2D eigenvalue weighted by molar-refractivity contribution is 5.74. The average molecular weight is 295 g/mol. The van der Waals surface area contributed by atoms with E-state index in [2.05, 4.69) is 34.1 Å². The Morgan fingerprint density at radius 3 is 3.05 bits per heavy atom. The van der Waals surface area contributed by atoms with E-state index in [1.165, 1.54) is 12.8 Å². The Labute approximate surface area is 130 Å². The quantitative estimate of drug-likeness (QED) is 0.799. The van der Waals surface area contributed by atoms with Gasteiger partial charge in [0.25, 0.3) is 0 Å². The van der Waals surface area contributed by atoms with Gasteiger partial charge in [-0.05, 0) is 49.6 Å². The van der Waals surface area contributed by atoms with Crippen LogP contribution in [0.2, 0.25) is 0 Å². The highest BCUT2D eigenvalue weighted by Gasteiger charge is 2.21. The monoisotopic (exact) mass is 295 g/mol. The normalized spacial score (nSPS) is 19.7. The molecular weight excluding hydrogens is 274 g/mol. The van der Waals surface area contributed by atoms with E-state index in [0.29, 0.717) is 5.92 Å². The number of imidazole rings is 1. The molecule has 2 aromatic heterocycles. The zero-order chi connectivity index (χ0) is 14.8. The number of hydrogen-bond acceptors (Lipinski definition) is 3. The van der Waals surface area contributed by atoms with E-state index < -0.39 is 0 Å². The van der Waals surface area contributed by atoms with Gasteiger partial charge in [-0.15, -0.1) is 0 Å². The third kappa shape index (κ3) is 2.92. The van der Waals surface area contributed by atoms with Crippen LogP contribution in [0, 0.1) is 5.92 Å². The maximum Gasteiger partial charge on any atom is 0.117 e. The second-order valence-corrected chi connectivity index (χ2v) is 6.23. The first-order chi connectivity index (χ1) is 10.9. The van der Waals surface area contributed by atoms with Gasteiger partial charge in [-0.2, -0.15) is 0 Å². The lowest BCUT2D eigenvalue weighted by atomic mass is 9.94. The number of fused-ring (bicyclic) bond motifs is 1. The maximum atomic E-state index is 5.47. The van der Waals surface area contributed by atoms with E-state index in [-0.39, 0.29) is 0 Å². The number of para-hydroxylation sites is 2. The molecule has 1 aliphatic rings. The molecule has 0 saturated carbocycles. The molecular formula is C18H21N3O. The third-order valence-corrected chi connectivity index (χ3v) is 4.48. The van der Waals surface area contributed by atoms with Crippen LogP contribution in [0.5, 0.6) is 0 Å². The number of likely N-dealkylation sites (tertiary alicyclic amines) is 1. The molecule has 1 atom stereocenters. The van der Waals surface area contributed by atoms with E-state index in [1.54, 1.807) is 6.26 Å². The molecule has 0 aliphatic carbocycles. The minimum Gasteiger partial charge on any atom is -0.468 e. The SMILES string of the molecule is c1coc(CN2CCC[C@@H](Cc3nc4ccccc4[nH]3)C2)c1. The number of nitrogens with one attached hydrogen (secondary N) is 1. The fraction of sp³-hybridized carbons (Fsp3) is 0.389. The number of hydrogen-bond donors (Lipinski definition) is 1. The van der Waals surface area contributed by atoms with Crippen LogP contribution in [-0.2, 0) is 13.0 Å². The largest absolute Gasteiger partial charge is 0.468 e. The van der Waals surface area contributed by atoms with Crippen LogP contribution in [-0.4, -0.2) is 28.0 Å². The highest BCUT2D eigenvalue weighted by atomic mass is 16.3. The van der Waals surface area contributed by atoms with E-state index in [0.717, 1.165) is 48.7 Å². The first-order valence-electron chi connectivity index (χ1n) is 8.05. The van der Waals surface area contributed by atoms with Crippen LogP contribution >= 0.6 is 0 Å². The van der Waals surface area contributed by atoms with E-state index in [4.69, 9.17) is 9.40 Å². The topological polar surface area (TPSA) is 45.1 Å². The van der Waals surface area contributed by atoms with Gasteiger partial charge in [-0.1, -0.05) is 12.1 Å². The summed E-state index contributed by atoms with van der Waals surface area (Å²) in [6.07, 6.45) is 5.33. The molecule has 1 aliphatic heterocycles. The number of nitrogens with zero attached hydrogens (tertiary/aromatic N) is 2. The summed E-state index contributed by atoms with van der Waals surface area (Å²) in [6, 6.07) is 12.3. The summed E-state index contributed by atoms with van der Waals surface area (Å²) in [5.41, 5.74) is 2.21. The van der Waals surface area contributed by atoms with Crippen LogP contribution in [0.4, 0.5) is 0 Å². The van der Waals surface area contributed by atoms with Gasteiger partial charge in [0.15, 0.2) is 0 Å². The molecule has 1 fully saturated rings. The Hall–Kier alpha value is -2.07. The van der Waals surface area contributed by atoms with E-state index in [1.807, 2.05) is 12.1 Å². The minimum atomic E-state index is 0.671. The lowest BCUT2D eigenvalue weighted by molar-refractivity contribution is 0.156. The molecule has 0 amide bonds. The molecule has 4 rings (SSSR count). The highest BCUT2D eigenvalue weighted by Crippen LogP contribution is 2.22. The number of aromatic nitrogens is 2. The molecule has 22 heavy (non-hydrogen) atoms. The first-order valence-corrected chi connectivity index (χ1v) is 8.05. The zero-order valence-corrected chi connectivity index (χ0v) is 12.7. The van der Waals surface area contributed by atoms with Crippen molar-refractivity contribution in [1.82, 2.24) is 14.9 Å². The van der Waals surface area contributed by atoms with Crippen molar-refractivity contribution in [3.63, 3.8) is 0 Å². The van der Waals surface area contributed by atoms with Gasteiger partial charge < -0.3 is 9.40 Å². The fourth-order valence-electron chi connectivity index (χ4n) is 3.46. The predicted octanol–water partition coefficient (Wildman–Crippen LogP) is 3.61. The van der Waals surface area contributed by atoms with Gasteiger partial charge in [0, 0.05) is 13.0 Å². The number of aromatic amines is 1. The van der Waals surface area contributed by atoms with Crippen LogP contribution in [0.1, 0.15) is 24.4 Å². The van der Waals surface area contributed by atoms with Crippen LogP contribution < -0.4 is 0 Å². The molecule has 0 radical (unpaired) electrons. The smallest absolute Gasteiger partial charge is 0.117 e. The Balaban J connectivity index is 1.41. The van der Waals surface area contributed by atoms with Crippen molar-refractivity contribution in [2.24, 2.45) is 5.92 Å². The van der Waals surface area contributed by atoms with Gasteiger partial charge >= 0.3 is 0 Å². The Morgan fingerprint density at radius 2 is 2.18 bits per heavy atom. The molecule has 1 N–H and O–H groups in total. The van der Waals surface area contributed by atoms with Gasteiger partial charge in [0.1, 0.15) is 11.6 Å². The first kappa shape index (κ1) is 13.6. The van der Waals surface area contributed by atoms with Gasteiger partial charge in [0.2, 0.25) is 0 Å². The van der Waals surface area contributed by atoms with Crippen LogP contribution in [0.15, 0.2) is 47.1 Å². The molecule has 3 aromatic rings. The molecule has 3 heterocycles. The second kappa shape index (κ2) is 5.97. The molecule has 4 nitrogen and oxygen atoms in total. The molecule has 0 bridgehead atoms. The standard InChI is InChI=1S/C18H21N3O/c1-2-8-17-16(7-1)19-18(20-17)11-14-5-3-9-21(12-14)13-15-6-4-10-22-15/h1-2,4,6-8,10,14H,3,5,9,11-13H2,(H,19,20)/t14-/m0/s1. The summed E-state index contributed by atoms with van der Waals surface area (Å²) < 4.78 is 5.47. The van der Waals surface area contributed by atoms with Gasteiger partial charge in [0.05, 0.1) is 23.8 Å². The van der Waals surface area contributed by atoms with Crippen molar-refractivity contribution in [2.45, 2.75) is 25.8 Å². The summed E-state index contributed by atoms with van der Waals surface area (Å²) in [5.74, 6) is 2.85. The lowest BCUT2D eigenvalue weighted by Crippen LogP contribution is -2.35. The van der Waals surface area contributed by atoms with Crippen LogP contribution in [0.25, 0.3) is 11.0 Å². The van der Waals surface area contributed by atoms with Crippen molar-refractivity contribution in [2.75, 3.05) is 13.1 Å². The van der Waals surface area contributed by atoms with Gasteiger partial charge in [-0.3, -0.25) is 4.90 Å². The fourth-order valence-corrected chi connectivity index (χ4v) is 3.46. The Morgan fingerprint density at radius 1 is 1.23 bits per heavy atom. The Kier molecular flexibility index (Phi) is 3.69. The number of rotatable bonds is 4. The van der Waals surface area contributed by atoms with Crippen molar-refractivity contribution in [3.8, 4) is 0 Å². The average Bonchev–Trinajstić information content (AvgIpc) is 3.16. The number of benzene rings is 1. The van der Waals surface area contributed by atoms with Crippen molar-refractivity contribution < 1.29 is 4.42 Å². The van der Waals surface area contributed by atoms with Crippen molar-refractivity contribution >= 4 is 11.0 Å². The summed E-state index contributed by atoms with van der Waals surface area (Å²) in [5, 5.41) is 0. The van der Waals surface area contributed by atoms with Gasteiger partial charge in [-0.25, -0.2) is 4.98 Å². The summed E-state index contributed by atoms with van der Waals surface area (Å²) in [4.78, 5) is 10.7. The maximum absolute atomic E-state index is 5.47. The Bertz CT molecular complexity index is 699. The third-order valence-electron chi connectivity index (χ3n) is 4.48. The molecule has 114 valence electrons. The number of piperidine rings is 1. The molecule has 1 saturated heterocycles. The minimum absolute atomic E-state index is 0.671. The molecule has 0 unspecified atom stereocenters. The molecule has 4 heteroatoms. The van der Waals surface area contributed by atoms with Crippen LogP contribution in [0.3, 0.4) is 0 Å². The van der Waals surface area contributed by atoms with Crippen molar-refractivity contribution in [3.05, 3.63) is 54.2 Å².